The van der Waals surface area contributed by atoms with E-state index in [4.69, 9.17) is 0 Å². The van der Waals surface area contributed by atoms with Gasteiger partial charge < -0.3 is 0 Å². The SMILES string of the molecule is O=C1C=CC(=O)N1CCCCCCCCCCCCCCCCCCCCCCCCCCS. The Morgan fingerprint density at radius 1 is 0.412 bits per heavy atom. The van der Waals surface area contributed by atoms with E-state index < -0.39 is 0 Å². The van der Waals surface area contributed by atoms with Gasteiger partial charge in [0.25, 0.3) is 11.8 Å². The predicted octanol–water partition coefficient (Wildman–Crippen LogP) is 9.20. The van der Waals surface area contributed by atoms with Gasteiger partial charge in [0.2, 0.25) is 0 Å². The van der Waals surface area contributed by atoms with E-state index >= 15 is 0 Å². The number of hydrogen-bond donors (Lipinski definition) is 1. The van der Waals surface area contributed by atoms with Gasteiger partial charge >= 0.3 is 0 Å². The van der Waals surface area contributed by atoms with E-state index in [1.807, 2.05) is 0 Å². The Balaban J connectivity index is 1.66. The number of carbonyl (C=O) groups is 2. The highest BCUT2D eigenvalue weighted by Gasteiger charge is 2.21. The van der Waals surface area contributed by atoms with E-state index in [-0.39, 0.29) is 11.8 Å². The summed E-state index contributed by atoms with van der Waals surface area (Å²) < 4.78 is 0. The van der Waals surface area contributed by atoms with Gasteiger partial charge in [0, 0.05) is 18.7 Å². The fourth-order valence-electron chi connectivity index (χ4n) is 4.92. The second-order valence-corrected chi connectivity index (χ2v) is 10.8. The molecule has 0 unspecified atom stereocenters. The van der Waals surface area contributed by atoms with Crippen LogP contribution in [0.1, 0.15) is 154 Å². The number of hydrogen-bond acceptors (Lipinski definition) is 3. The van der Waals surface area contributed by atoms with Crippen molar-refractivity contribution in [3.63, 3.8) is 0 Å². The minimum absolute atomic E-state index is 0.146. The molecular weight excluding hydrogens is 438 g/mol. The van der Waals surface area contributed by atoms with Crippen molar-refractivity contribution >= 4 is 24.4 Å². The topological polar surface area (TPSA) is 37.4 Å². The maximum Gasteiger partial charge on any atom is 0.253 e. The van der Waals surface area contributed by atoms with Crippen molar-refractivity contribution < 1.29 is 9.59 Å². The predicted molar refractivity (Wildman–Crippen MR) is 151 cm³/mol. The monoisotopic (exact) mass is 493 g/mol. The summed E-state index contributed by atoms with van der Waals surface area (Å²) in [7, 11) is 0. The van der Waals surface area contributed by atoms with E-state index in [1.165, 1.54) is 158 Å². The van der Waals surface area contributed by atoms with Gasteiger partial charge in [-0.1, -0.05) is 141 Å². The van der Waals surface area contributed by atoms with Crippen LogP contribution in [0.2, 0.25) is 0 Å². The minimum atomic E-state index is -0.146. The fraction of sp³-hybridized carbons (Fsp3) is 0.867. The van der Waals surface area contributed by atoms with Gasteiger partial charge in [-0.3, -0.25) is 14.5 Å². The molecule has 1 rings (SSSR count). The summed E-state index contributed by atoms with van der Waals surface area (Å²) in [6, 6.07) is 0. The highest BCUT2D eigenvalue weighted by atomic mass is 32.1. The highest BCUT2D eigenvalue weighted by molar-refractivity contribution is 7.80. The van der Waals surface area contributed by atoms with Gasteiger partial charge in [-0.2, -0.15) is 12.6 Å². The molecule has 0 aromatic heterocycles. The molecule has 1 aliphatic rings. The third-order valence-electron chi connectivity index (χ3n) is 7.19. The first kappa shape index (κ1) is 31.3. The average Bonchev–Trinajstić information content (AvgIpc) is 3.16. The van der Waals surface area contributed by atoms with E-state index in [9.17, 15) is 9.59 Å². The first-order valence-corrected chi connectivity index (χ1v) is 15.5. The third-order valence-corrected chi connectivity index (χ3v) is 7.51. The Labute approximate surface area is 217 Å². The minimum Gasteiger partial charge on any atom is -0.275 e. The van der Waals surface area contributed by atoms with Crippen molar-refractivity contribution in [2.75, 3.05) is 12.3 Å². The highest BCUT2D eigenvalue weighted by Crippen LogP contribution is 2.16. The molecule has 0 radical (unpaired) electrons. The summed E-state index contributed by atoms with van der Waals surface area (Å²) >= 11 is 4.27. The number of imide groups is 1. The van der Waals surface area contributed by atoms with Crippen molar-refractivity contribution in [1.82, 2.24) is 4.90 Å². The molecule has 1 aliphatic heterocycles. The van der Waals surface area contributed by atoms with Gasteiger partial charge in [-0.15, -0.1) is 0 Å². The molecule has 0 N–H and O–H groups in total. The molecule has 0 fully saturated rings. The van der Waals surface area contributed by atoms with Crippen molar-refractivity contribution in [3.8, 4) is 0 Å². The summed E-state index contributed by atoms with van der Waals surface area (Å²) in [5.74, 6) is 0.763. The second-order valence-electron chi connectivity index (χ2n) is 10.4. The Kier molecular flexibility index (Phi) is 22.0. The lowest BCUT2D eigenvalue weighted by atomic mass is 10.0. The largest absolute Gasteiger partial charge is 0.275 e. The number of carbonyl (C=O) groups excluding carboxylic acids is 2. The number of thiol groups is 1. The molecule has 3 nitrogen and oxygen atoms in total. The van der Waals surface area contributed by atoms with E-state index in [1.54, 1.807) is 0 Å². The molecule has 1 heterocycles. The zero-order valence-electron chi connectivity index (χ0n) is 22.3. The molecule has 0 saturated carbocycles. The quantitative estimate of drug-likeness (QED) is 0.0740. The smallest absolute Gasteiger partial charge is 0.253 e. The molecule has 0 atom stereocenters. The normalized spacial score (nSPS) is 13.5. The van der Waals surface area contributed by atoms with Crippen molar-refractivity contribution in [2.24, 2.45) is 0 Å². The van der Waals surface area contributed by atoms with Crippen LogP contribution in [-0.4, -0.2) is 29.0 Å². The van der Waals surface area contributed by atoms with Crippen LogP contribution in [0.4, 0.5) is 0 Å². The van der Waals surface area contributed by atoms with Gasteiger partial charge in [0.15, 0.2) is 0 Å². The summed E-state index contributed by atoms with van der Waals surface area (Å²) in [6.45, 7) is 0.586. The van der Waals surface area contributed by atoms with E-state index in [2.05, 4.69) is 12.6 Å². The van der Waals surface area contributed by atoms with Crippen LogP contribution in [0.25, 0.3) is 0 Å². The Morgan fingerprint density at radius 2 is 0.647 bits per heavy atom. The standard InChI is InChI=1S/C30H55NO2S/c32-29-25-26-30(33)31(29)27-23-21-19-17-15-13-11-9-7-5-3-1-2-4-6-8-10-12-14-16-18-20-22-24-28-34/h25-26,34H,1-24,27-28H2. The van der Waals surface area contributed by atoms with E-state index in [0.29, 0.717) is 6.54 Å². The first-order chi connectivity index (χ1) is 16.8. The average molecular weight is 494 g/mol. The molecule has 0 spiro atoms. The lowest BCUT2D eigenvalue weighted by Gasteiger charge is -2.12. The van der Waals surface area contributed by atoms with Crippen molar-refractivity contribution in [2.45, 2.75) is 154 Å². The molecule has 0 aliphatic carbocycles. The molecule has 0 aromatic rings. The van der Waals surface area contributed by atoms with Crippen molar-refractivity contribution in [1.29, 1.82) is 0 Å². The number of rotatable bonds is 26. The summed E-state index contributed by atoms with van der Waals surface area (Å²) in [4.78, 5) is 24.3. The number of unbranched alkanes of at least 4 members (excludes halogenated alkanes) is 23. The van der Waals surface area contributed by atoms with Crippen LogP contribution >= 0.6 is 12.6 Å². The Bertz CT molecular complexity index is 502. The van der Waals surface area contributed by atoms with Gasteiger partial charge in [-0.25, -0.2) is 0 Å². The molecule has 0 saturated heterocycles. The maximum absolute atomic E-state index is 11.5. The maximum atomic E-state index is 11.5. The lowest BCUT2D eigenvalue weighted by molar-refractivity contribution is -0.136. The molecular formula is C30H55NO2S. The van der Waals surface area contributed by atoms with Crippen LogP contribution < -0.4 is 0 Å². The zero-order chi connectivity index (χ0) is 24.5. The van der Waals surface area contributed by atoms with Crippen LogP contribution in [0.3, 0.4) is 0 Å². The van der Waals surface area contributed by atoms with Crippen LogP contribution in [0.15, 0.2) is 12.2 Å². The lowest BCUT2D eigenvalue weighted by Crippen LogP contribution is -2.30. The second kappa shape index (κ2) is 23.9. The third kappa shape index (κ3) is 18.5. The molecule has 198 valence electrons. The first-order valence-electron chi connectivity index (χ1n) is 14.9. The zero-order valence-corrected chi connectivity index (χ0v) is 23.1. The number of amides is 2. The Hall–Kier alpha value is -0.770. The van der Waals surface area contributed by atoms with Crippen LogP contribution in [-0.2, 0) is 9.59 Å². The molecule has 0 aromatic carbocycles. The van der Waals surface area contributed by atoms with Gasteiger partial charge in [0.1, 0.15) is 0 Å². The van der Waals surface area contributed by atoms with Gasteiger partial charge in [-0.05, 0) is 18.6 Å². The summed E-state index contributed by atoms with van der Waals surface area (Å²) in [6.07, 6.45) is 35.6. The molecule has 2 amide bonds. The fourth-order valence-corrected chi connectivity index (χ4v) is 5.15. The Morgan fingerprint density at radius 3 is 0.912 bits per heavy atom. The number of nitrogens with zero attached hydrogens (tertiary/aromatic N) is 1. The van der Waals surface area contributed by atoms with Crippen LogP contribution in [0.5, 0.6) is 0 Å². The van der Waals surface area contributed by atoms with Crippen LogP contribution in [0, 0.1) is 0 Å². The summed E-state index contributed by atoms with van der Waals surface area (Å²) in [5, 5.41) is 0. The molecule has 4 heteroatoms. The summed E-state index contributed by atoms with van der Waals surface area (Å²) in [5.41, 5.74) is 0. The van der Waals surface area contributed by atoms with Crippen molar-refractivity contribution in [3.05, 3.63) is 12.2 Å². The van der Waals surface area contributed by atoms with Gasteiger partial charge in [0.05, 0.1) is 0 Å². The molecule has 0 bridgehead atoms. The molecule has 34 heavy (non-hydrogen) atoms. The van der Waals surface area contributed by atoms with E-state index in [0.717, 1.165) is 18.6 Å².